The summed E-state index contributed by atoms with van der Waals surface area (Å²) in [5, 5.41) is 11.7. The molecule has 0 aliphatic carbocycles. The second kappa shape index (κ2) is 3.20. The van der Waals surface area contributed by atoms with Gasteiger partial charge in [-0.1, -0.05) is 33.6 Å². The summed E-state index contributed by atoms with van der Waals surface area (Å²) in [4.78, 5) is 0. The smallest absolute Gasteiger partial charge is 0.141 e. The molecule has 13 heavy (non-hydrogen) atoms. The predicted molar refractivity (Wildman–Crippen MR) is 58.3 cm³/mol. The van der Waals surface area contributed by atoms with Crippen molar-refractivity contribution < 1.29 is 5.11 Å². The van der Waals surface area contributed by atoms with Crippen LogP contribution in [0.1, 0.15) is 0 Å². The van der Waals surface area contributed by atoms with Crippen molar-refractivity contribution in [1.82, 2.24) is 0 Å². The molecule has 0 radical (unpaired) electrons. The Kier molecular flexibility index (Phi) is 2.18. The van der Waals surface area contributed by atoms with E-state index in [1.165, 1.54) is 0 Å². The number of phenols is 1. The molecule has 0 heterocycles. The van der Waals surface area contributed by atoms with E-state index in [-0.39, 0.29) is 5.75 Å². The van der Waals surface area contributed by atoms with Gasteiger partial charge < -0.3 is 5.11 Å². The van der Waals surface area contributed by atoms with Gasteiger partial charge in [0.25, 0.3) is 0 Å². The lowest BCUT2D eigenvalue weighted by molar-refractivity contribution is 0.482. The Morgan fingerprint density at radius 1 is 1.15 bits per heavy atom. The first-order valence-electron chi connectivity index (χ1n) is 3.75. The van der Waals surface area contributed by atoms with E-state index in [0.717, 1.165) is 15.2 Å². The summed E-state index contributed by atoms with van der Waals surface area (Å²) in [6.07, 6.45) is 0. The van der Waals surface area contributed by atoms with Crippen molar-refractivity contribution >= 4 is 38.3 Å². The monoisotopic (exact) mass is 256 g/mol. The fourth-order valence-corrected chi connectivity index (χ4v) is 1.80. The second-order valence-electron chi connectivity index (χ2n) is 2.76. The Morgan fingerprint density at radius 2 is 1.92 bits per heavy atom. The second-order valence-corrected chi connectivity index (χ2v) is 4.08. The average Bonchev–Trinajstić information content (AvgIpc) is 2.12. The molecule has 0 spiro atoms. The summed E-state index contributed by atoms with van der Waals surface area (Å²) in [6.45, 7) is 0. The SMILES string of the molecule is Oc1c(Cl)ccc2cc(Br)ccc12. The fraction of sp³-hybridized carbons (Fsp3) is 0. The van der Waals surface area contributed by atoms with Crippen LogP contribution in [0.5, 0.6) is 5.75 Å². The number of benzene rings is 2. The van der Waals surface area contributed by atoms with Crippen LogP contribution >= 0.6 is 27.5 Å². The number of phenolic OH excluding ortho intramolecular Hbond substituents is 1. The van der Waals surface area contributed by atoms with E-state index in [1.807, 2.05) is 24.3 Å². The van der Waals surface area contributed by atoms with Crippen molar-refractivity contribution in [2.75, 3.05) is 0 Å². The zero-order valence-electron chi connectivity index (χ0n) is 6.59. The van der Waals surface area contributed by atoms with Gasteiger partial charge in [0.15, 0.2) is 0 Å². The highest BCUT2D eigenvalue weighted by Gasteiger charge is 2.03. The zero-order valence-corrected chi connectivity index (χ0v) is 8.93. The fourth-order valence-electron chi connectivity index (χ4n) is 1.26. The van der Waals surface area contributed by atoms with Crippen LogP contribution in [0, 0.1) is 0 Å². The molecule has 0 saturated carbocycles. The van der Waals surface area contributed by atoms with Crippen molar-refractivity contribution in [2.24, 2.45) is 0 Å². The molecular weight excluding hydrogens is 251 g/mol. The minimum absolute atomic E-state index is 0.145. The van der Waals surface area contributed by atoms with Gasteiger partial charge in [0, 0.05) is 9.86 Å². The van der Waals surface area contributed by atoms with Crippen LogP contribution < -0.4 is 0 Å². The van der Waals surface area contributed by atoms with Gasteiger partial charge in [-0.05, 0) is 29.7 Å². The molecule has 0 amide bonds. The highest BCUT2D eigenvalue weighted by atomic mass is 79.9. The quantitative estimate of drug-likeness (QED) is 0.757. The van der Waals surface area contributed by atoms with Crippen molar-refractivity contribution in [3.63, 3.8) is 0 Å². The Bertz CT molecular complexity index is 468. The Hall–Kier alpha value is -0.730. The lowest BCUT2D eigenvalue weighted by atomic mass is 10.1. The molecule has 0 saturated heterocycles. The van der Waals surface area contributed by atoms with Gasteiger partial charge in [0.1, 0.15) is 5.75 Å². The molecule has 2 aromatic rings. The zero-order chi connectivity index (χ0) is 9.42. The van der Waals surface area contributed by atoms with Gasteiger partial charge in [0.2, 0.25) is 0 Å². The van der Waals surface area contributed by atoms with Crippen LogP contribution in [-0.4, -0.2) is 5.11 Å². The first-order valence-corrected chi connectivity index (χ1v) is 4.92. The van der Waals surface area contributed by atoms with E-state index in [4.69, 9.17) is 11.6 Å². The summed E-state index contributed by atoms with van der Waals surface area (Å²) >= 11 is 9.13. The molecule has 2 rings (SSSR count). The number of rotatable bonds is 0. The van der Waals surface area contributed by atoms with Gasteiger partial charge in [-0.2, -0.15) is 0 Å². The van der Waals surface area contributed by atoms with Crippen LogP contribution in [0.3, 0.4) is 0 Å². The van der Waals surface area contributed by atoms with Gasteiger partial charge >= 0.3 is 0 Å². The topological polar surface area (TPSA) is 20.2 Å². The van der Waals surface area contributed by atoms with E-state index in [9.17, 15) is 5.11 Å². The Labute approximate surface area is 89.1 Å². The standard InChI is InChI=1S/C10H6BrClO/c11-7-2-3-8-6(5-7)1-4-9(12)10(8)13/h1-5,13H. The third kappa shape index (κ3) is 1.52. The molecule has 3 heteroatoms. The highest BCUT2D eigenvalue weighted by Crippen LogP contribution is 2.33. The average molecular weight is 258 g/mol. The molecule has 0 unspecified atom stereocenters. The molecule has 0 aliphatic rings. The number of halogens is 2. The lowest BCUT2D eigenvalue weighted by Crippen LogP contribution is -1.75. The molecule has 0 fully saturated rings. The summed E-state index contributed by atoms with van der Waals surface area (Å²) in [5.41, 5.74) is 0. The van der Waals surface area contributed by atoms with Crippen LogP contribution in [0.25, 0.3) is 10.8 Å². The maximum absolute atomic E-state index is 9.60. The van der Waals surface area contributed by atoms with Crippen LogP contribution in [0.4, 0.5) is 0 Å². The molecular formula is C10H6BrClO. The van der Waals surface area contributed by atoms with Crippen molar-refractivity contribution in [2.45, 2.75) is 0 Å². The first kappa shape index (κ1) is 8.85. The van der Waals surface area contributed by atoms with E-state index in [2.05, 4.69) is 15.9 Å². The molecule has 1 nitrogen and oxygen atoms in total. The molecule has 0 atom stereocenters. The third-order valence-corrected chi connectivity index (χ3v) is 2.70. The molecule has 1 N–H and O–H groups in total. The van der Waals surface area contributed by atoms with Crippen LogP contribution in [0.2, 0.25) is 5.02 Å². The first-order chi connectivity index (χ1) is 6.18. The largest absolute Gasteiger partial charge is 0.506 e. The number of hydrogen-bond acceptors (Lipinski definition) is 1. The summed E-state index contributed by atoms with van der Waals surface area (Å²) in [6, 6.07) is 9.21. The van der Waals surface area contributed by atoms with E-state index in [1.54, 1.807) is 6.07 Å². The van der Waals surface area contributed by atoms with E-state index >= 15 is 0 Å². The molecule has 0 bridgehead atoms. The number of fused-ring (bicyclic) bond motifs is 1. The van der Waals surface area contributed by atoms with E-state index in [0.29, 0.717) is 5.02 Å². The van der Waals surface area contributed by atoms with Gasteiger partial charge in [-0.3, -0.25) is 0 Å². The summed E-state index contributed by atoms with van der Waals surface area (Å²) in [5.74, 6) is 0.145. The van der Waals surface area contributed by atoms with Crippen molar-refractivity contribution in [3.8, 4) is 5.75 Å². The van der Waals surface area contributed by atoms with Gasteiger partial charge in [-0.15, -0.1) is 0 Å². The Morgan fingerprint density at radius 3 is 2.69 bits per heavy atom. The molecule has 0 aliphatic heterocycles. The van der Waals surface area contributed by atoms with Gasteiger partial charge in [0.05, 0.1) is 5.02 Å². The summed E-state index contributed by atoms with van der Waals surface area (Å²) in [7, 11) is 0. The number of aromatic hydroxyl groups is 1. The van der Waals surface area contributed by atoms with E-state index < -0.39 is 0 Å². The van der Waals surface area contributed by atoms with Gasteiger partial charge in [-0.25, -0.2) is 0 Å². The molecule has 2 aromatic carbocycles. The van der Waals surface area contributed by atoms with Crippen LogP contribution in [0.15, 0.2) is 34.8 Å². The Balaban J connectivity index is 2.87. The maximum atomic E-state index is 9.60. The number of hydrogen-bond donors (Lipinski definition) is 1. The summed E-state index contributed by atoms with van der Waals surface area (Å²) < 4.78 is 0.988. The molecule has 66 valence electrons. The minimum Gasteiger partial charge on any atom is -0.506 e. The maximum Gasteiger partial charge on any atom is 0.141 e. The minimum atomic E-state index is 0.145. The molecule has 0 aromatic heterocycles. The van der Waals surface area contributed by atoms with Crippen LogP contribution in [-0.2, 0) is 0 Å². The highest BCUT2D eigenvalue weighted by molar-refractivity contribution is 9.10. The lowest BCUT2D eigenvalue weighted by Gasteiger charge is -2.02. The van der Waals surface area contributed by atoms with Crippen molar-refractivity contribution in [3.05, 3.63) is 39.8 Å². The third-order valence-electron chi connectivity index (χ3n) is 1.90. The van der Waals surface area contributed by atoms with Crippen molar-refractivity contribution in [1.29, 1.82) is 0 Å². The predicted octanol–water partition coefficient (Wildman–Crippen LogP) is 3.96. The normalized spacial score (nSPS) is 10.6.